The lowest BCUT2D eigenvalue weighted by molar-refractivity contribution is -0.120. The molecule has 0 bridgehead atoms. The highest BCUT2D eigenvalue weighted by atomic mass is 35.5. The van der Waals surface area contributed by atoms with Crippen molar-refractivity contribution >= 4 is 18.3 Å². The van der Waals surface area contributed by atoms with E-state index in [9.17, 15) is 18.7 Å². The third kappa shape index (κ3) is 5.75. The molecule has 0 saturated carbocycles. The Kier molecular flexibility index (Phi) is 7.50. The lowest BCUT2D eigenvalue weighted by Gasteiger charge is -2.14. The molecule has 2 rings (SSSR count). The second kappa shape index (κ2) is 8.87. The molecule has 0 spiro atoms. The van der Waals surface area contributed by atoms with E-state index in [1.54, 1.807) is 12.1 Å². The van der Waals surface area contributed by atoms with E-state index in [1.165, 1.54) is 12.1 Å². The van der Waals surface area contributed by atoms with Crippen molar-refractivity contribution in [3.63, 3.8) is 0 Å². The Morgan fingerprint density at radius 1 is 1.36 bits per heavy atom. The summed E-state index contributed by atoms with van der Waals surface area (Å²) in [7, 11) is 0. The Labute approximate surface area is 133 Å². The molecule has 8 heteroatoms. The summed E-state index contributed by atoms with van der Waals surface area (Å²) in [5, 5.41) is 15.4. The van der Waals surface area contributed by atoms with Crippen LogP contribution in [0.5, 0.6) is 5.75 Å². The predicted molar refractivity (Wildman–Crippen MR) is 79.4 cm³/mol. The lowest BCUT2D eigenvalue weighted by atomic mass is 10.1. The molecule has 1 aromatic carbocycles. The lowest BCUT2D eigenvalue weighted by Crippen LogP contribution is -2.35. The number of alkyl halides is 2. The van der Waals surface area contributed by atoms with Gasteiger partial charge in [0.2, 0.25) is 5.91 Å². The number of benzene rings is 1. The molecule has 3 N–H and O–H groups in total. The van der Waals surface area contributed by atoms with Gasteiger partial charge in [-0.1, -0.05) is 12.1 Å². The van der Waals surface area contributed by atoms with Crippen molar-refractivity contribution in [3.05, 3.63) is 29.8 Å². The second-order valence-electron chi connectivity index (χ2n) is 4.99. The molecule has 5 nitrogen and oxygen atoms in total. The molecule has 1 aliphatic rings. The zero-order valence-corrected chi connectivity index (χ0v) is 12.6. The molecule has 1 amide bonds. The fourth-order valence-electron chi connectivity index (χ4n) is 2.21. The maximum absolute atomic E-state index is 12.0. The quantitative estimate of drug-likeness (QED) is 0.723. The molecule has 2 atom stereocenters. The molecule has 124 valence electrons. The molecule has 2 unspecified atom stereocenters. The first kappa shape index (κ1) is 18.6. The summed E-state index contributed by atoms with van der Waals surface area (Å²) >= 11 is 0. The van der Waals surface area contributed by atoms with Crippen LogP contribution < -0.4 is 15.4 Å². The van der Waals surface area contributed by atoms with Crippen molar-refractivity contribution in [1.29, 1.82) is 0 Å². The summed E-state index contributed by atoms with van der Waals surface area (Å²) in [5.41, 5.74) is 0.708. The van der Waals surface area contributed by atoms with Crippen LogP contribution in [0.2, 0.25) is 0 Å². The van der Waals surface area contributed by atoms with Gasteiger partial charge in [0.05, 0.1) is 12.5 Å². The van der Waals surface area contributed by atoms with Gasteiger partial charge in [-0.3, -0.25) is 4.79 Å². The maximum atomic E-state index is 12.0. The van der Waals surface area contributed by atoms with Crippen molar-refractivity contribution in [1.82, 2.24) is 10.6 Å². The van der Waals surface area contributed by atoms with Crippen molar-refractivity contribution in [3.8, 4) is 5.75 Å². The van der Waals surface area contributed by atoms with E-state index in [0.29, 0.717) is 25.2 Å². The normalized spacial score (nSPS) is 20.5. The summed E-state index contributed by atoms with van der Waals surface area (Å²) in [4.78, 5) is 11.8. The molecule has 0 aliphatic carbocycles. The molecule has 0 radical (unpaired) electrons. The van der Waals surface area contributed by atoms with E-state index in [-0.39, 0.29) is 36.4 Å². The highest BCUT2D eigenvalue weighted by molar-refractivity contribution is 5.85. The number of carbonyl (C=O) groups is 1. The van der Waals surface area contributed by atoms with Crippen LogP contribution in [0.25, 0.3) is 0 Å². The van der Waals surface area contributed by atoms with Crippen LogP contribution in [0.3, 0.4) is 0 Å². The number of aliphatic hydroxyl groups is 1. The smallest absolute Gasteiger partial charge is 0.387 e. The van der Waals surface area contributed by atoms with Crippen molar-refractivity contribution in [2.45, 2.75) is 19.1 Å². The van der Waals surface area contributed by atoms with E-state index in [0.717, 1.165) is 0 Å². The maximum Gasteiger partial charge on any atom is 0.387 e. The minimum absolute atomic E-state index is 0. The van der Waals surface area contributed by atoms with E-state index in [1.807, 2.05) is 0 Å². The number of ether oxygens (including phenoxy) is 1. The number of hydrogen-bond acceptors (Lipinski definition) is 4. The fourth-order valence-corrected chi connectivity index (χ4v) is 2.21. The van der Waals surface area contributed by atoms with Gasteiger partial charge in [0.1, 0.15) is 5.75 Å². The third-order valence-electron chi connectivity index (χ3n) is 3.38. The first-order valence-electron chi connectivity index (χ1n) is 6.74. The average Bonchev–Trinajstić information content (AvgIpc) is 2.84. The van der Waals surface area contributed by atoms with E-state index in [2.05, 4.69) is 15.4 Å². The molecule has 1 heterocycles. The Balaban J connectivity index is 0.00000242. The van der Waals surface area contributed by atoms with Crippen LogP contribution in [0.15, 0.2) is 24.3 Å². The predicted octanol–water partition coefficient (Wildman–Crippen LogP) is 0.949. The van der Waals surface area contributed by atoms with Gasteiger partial charge in [0.25, 0.3) is 0 Å². The molecular formula is C14H19ClF2N2O3. The largest absolute Gasteiger partial charge is 0.435 e. The SMILES string of the molecule is Cl.O=C(Cc1ccc(OC(F)F)cc1)NCC1CNCC1O. The van der Waals surface area contributed by atoms with Gasteiger partial charge in [-0.2, -0.15) is 8.78 Å². The summed E-state index contributed by atoms with van der Waals surface area (Å²) in [5.74, 6) is -0.0818. The topological polar surface area (TPSA) is 70.6 Å². The second-order valence-corrected chi connectivity index (χ2v) is 4.99. The number of halogens is 3. The van der Waals surface area contributed by atoms with Gasteiger partial charge in [0, 0.05) is 25.6 Å². The van der Waals surface area contributed by atoms with E-state index in [4.69, 9.17) is 0 Å². The monoisotopic (exact) mass is 336 g/mol. The van der Waals surface area contributed by atoms with Gasteiger partial charge in [-0.25, -0.2) is 0 Å². The number of aliphatic hydroxyl groups excluding tert-OH is 1. The zero-order valence-electron chi connectivity index (χ0n) is 11.8. The first-order valence-corrected chi connectivity index (χ1v) is 6.74. The number of rotatable bonds is 6. The van der Waals surface area contributed by atoms with Gasteiger partial charge >= 0.3 is 6.61 Å². The number of nitrogens with one attached hydrogen (secondary N) is 2. The van der Waals surface area contributed by atoms with Crippen molar-refractivity contribution in [2.24, 2.45) is 5.92 Å². The zero-order chi connectivity index (χ0) is 15.2. The molecule has 1 aliphatic heterocycles. The van der Waals surface area contributed by atoms with Crippen LogP contribution in [-0.2, 0) is 11.2 Å². The van der Waals surface area contributed by atoms with Gasteiger partial charge in [0.15, 0.2) is 0 Å². The van der Waals surface area contributed by atoms with Crippen molar-refractivity contribution in [2.75, 3.05) is 19.6 Å². The van der Waals surface area contributed by atoms with E-state index >= 15 is 0 Å². The molecule has 0 aromatic heterocycles. The number of β-amino-alcohol motifs (C(OH)–C–C–N with tert-alkyl or cyclic N) is 1. The highest BCUT2D eigenvalue weighted by Crippen LogP contribution is 2.15. The third-order valence-corrected chi connectivity index (χ3v) is 3.38. The number of carbonyl (C=O) groups excluding carboxylic acids is 1. The molecular weight excluding hydrogens is 318 g/mol. The number of amides is 1. The first-order chi connectivity index (χ1) is 10.0. The van der Waals surface area contributed by atoms with Crippen LogP contribution in [0.4, 0.5) is 8.78 Å². The fraction of sp³-hybridized carbons (Fsp3) is 0.500. The summed E-state index contributed by atoms with van der Waals surface area (Å²) in [6, 6.07) is 5.95. The van der Waals surface area contributed by atoms with Gasteiger partial charge in [-0.05, 0) is 17.7 Å². The van der Waals surface area contributed by atoms with E-state index < -0.39 is 12.7 Å². The Bertz CT molecular complexity index is 474. The summed E-state index contributed by atoms with van der Waals surface area (Å²) in [6.07, 6.45) is -0.276. The molecule has 1 aromatic rings. The highest BCUT2D eigenvalue weighted by Gasteiger charge is 2.24. The minimum Gasteiger partial charge on any atom is -0.435 e. The van der Waals surface area contributed by atoms with Crippen molar-refractivity contribution < 1.29 is 23.4 Å². The van der Waals surface area contributed by atoms with Crippen LogP contribution in [0.1, 0.15) is 5.56 Å². The molecule has 1 fully saturated rings. The summed E-state index contributed by atoms with van der Waals surface area (Å²) < 4.78 is 28.2. The standard InChI is InChI=1S/C14H18F2N2O3.ClH/c15-14(16)21-11-3-1-9(2-4-11)5-13(20)18-7-10-6-17-8-12(10)19;/h1-4,10,12,14,17,19H,5-8H2,(H,18,20);1H. The van der Waals surface area contributed by atoms with Crippen LogP contribution in [0, 0.1) is 5.92 Å². The van der Waals surface area contributed by atoms with Gasteiger partial charge in [-0.15, -0.1) is 12.4 Å². The summed E-state index contributed by atoms with van der Waals surface area (Å²) in [6.45, 7) is -1.21. The van der Waals surface area contributed by atoms with Crippen LogP contribution in [-0.4, -0.2) is 43.4 Å². The number of hydrogen-bond donors (Lipinski definition) is 3. The molecule has 22 heavy (non-hydrogen) atoms. The van der Waals surface area contributed by atoms with Gasteiger partial charge < -0.3 is 20.5 Å². The Morgan fingerprint density at radius 3 is 2.59 bits per heavy atom. The molecule has 1 saturated heterocycles. The van der Waals surface area contributed by atoms with Crippen LogP contribution >= 0.6 is 12.4 Å². The minimum atomic E-state index is -2.86. The Hall–Kier alpha value is -1.44. The average molecular weight is 337 g/mol. The Morgan fingerprint density at radius 2 is 2.05 bits per heavy atom.